The summed E-state index contributed by atoms with van der Waals surface area (Å²) in [5, 5.41) is 0. The smallest absolute Gasteiger partial charge is 0.379 e. The van der Waals surface area contributed by atoms with Crippen LogP contribution in [-0.4, -0.2) is 85.0 Å². The van der Waals surface area contributed by atoms with Crippen LogP contribution in [0, 0.1) is 0 Å². The fraction of sp³-hybridized carbons (Fsp3) is 1.00. The molecule has 0 radical (unpaired) electrons. The molecule has 1 saturated heterocycles. The Morgan fingerprint density at radius 3 is 2.08 bits per heavy atom. The number of methoxy groups -OCH3 is 2. The highest BCUT2D eigenvalue weighted by atomic mass is 28.4. The van der Waals surface area contributed by atoms with Gasteiger partial charge in [-0.25, -0.2) is 0 Å². The van der Waals surface area contributed by atoms with Gasteiger partial charge in [-0.3, -0.25) is 0 Å². The largest absolute Gasteiger partial charge is 0.500 e. The third kappa shape index (κ3) is 8.02. The Hall–Kier alpha value is 0.154. The zero-order chi connectivity index (χ0) is 17.8. The molecule has 0 bridgehead atoms. The first kappa shape index (κ1) is 22.2. The first-order valence-electron chi connectivity index (χ1n) is 8.55. The van der Waals surface area contributed by atoms with Gasteiger partial charge in [-0.2, -0.15) is 0 Å². The average molecular weight is 383 g/mol. The van der Waals surface area contributed by atoms with Crippen LogP contribution in [0.25, 0.3) is 0 Å². The summed E-state index contributed by atoms with van der Waals surface area (Å²) in [6.07, 6.45) is 2.37. The molecule has 144 valence electrons. The molecule has 1 aliphatic rings. The highest BCUT2D eigenvalue weighted by molar-refractivity contribution is 6.62. The van der Waals surface area contributed by atoms with Gasteiger partial charge in [0.05, 0.1) is 13.2 Å². The second-order valence-corrected chi connectivity index (χ2v) is 12.3. The fourth-order valence-corrected chi connectivity index (χ4v) is 8.04. The lowest BCUT2D eigenvalue weighted by Crippen LogP contribution is -2.43. The first-order valence-corrected chi connectivity index (χ1v) is 12.8. The molecule has 1 fully saturated rings. The number of ether oxygens (including phenoxy) is 4. The Morgan fingerprint density at radius 2 is 1.58 bits per heavy atom. The van der Waals surface area contributed by atoms with Gasteiger partial charge in [0.25, 0.3) is 0 Å². The van der Waals surface area contributed by atoms with Gasteiger partial charge in [0.1, 0.15) is 20.8 Å². The highest BCUT2D eigenvalue weighted by Gasteiger charge is 2.37. The summed E-state index contributed by atoms with van der Waals surface area (Å²) in [5.74, 6) is -0.0690. The molecule has 0 saturated carbocycles. The van der Waals surface area contributed by atoms with Gasteiger partial charge in [0.2, 0.25) is 0 Å². The van der Waals surface area contributed by atoms with Crippen molar-refractivity contribution in [2.75, 3.05) is 55.4 Å². The van der Waals surface area contributed by atoms with Gasteiger partial charge >= 0.3 is 8.80 Å². The summed E-state index contributed by atoms with van der Waals surface area (Å²) >= 11 is 0. The van der Waals surface area contributed by atoms with Crippen LogP contribution in [0.5, 0.6) is 0 Å². The summed E-state index contributed by atoms with van der Waals surface area (Å²) in [7, 11) is 4.69. The summed E-state index contributed by atoms with van der Waals surface area (Å²) < 4.78 is 38.3. The number of hydrogen-bond acceptors (Lipinski definition) is 7. The summed E-state index contributed by atoms with van der Waals surface area (Å²) in [4.78, 5) is 0. The van der Waals surface area contributed by atoms with Crippen molar-refractivity contribution in [3.8, 4) is 0 Å². The van der Waals surface area contributed by atoms with Crippen molar-refractivity contribution < 1.29 is 32.2 Å². The van der Waals surface area contributed by atoms with Crippen LogP contribution in [-0.2, 0) is 32.2 Å². The predicted octanol–water partition coefficient (Wildman–Crippen LogP) is 1.45. The second-order valence-electron chi connectivity index (χ2n) is 5.96. The van der Waals surface area contributed by atoms with Crippen molar-refractivity contribution in [1.29, 1.82) is 0 Å². The van der Waals surface area contributed by atoms with Crippen molar-refractivity contribution in [3.05, 3.63) is 0 Å². The normalized spacial score (nSPS) is 19.0. The van der Waals surface area contributed by atoms with Gasteiger partial charge < -0.3 is 32.2 Å². The molecule has 0 aromatic carbocycles. The average Bonchev–Trinajstić information content (AvgIpc) is 3.43. The molecule has 1 heterocycles. The molecule has 1 rings (SSSR count). The van der Waals surface area contributed by atoms with E-state index >= 15 is 0 Å². The molecule has 7 nitrogen and oxygen atoms in total. The van der Waals surface area contributed by atoms with E-state index in [2.05, 4.69) is 0 Å². The zero-order valence-electron chi connectivity index (χ0n) is 15.7. The summed E-state index contributed by atoms with van der Waals surface area (Å²) in [5.41, 5.74) is 0. The maximum atomic E-state index is 5.63. The van der Waals surface area contributed by atoms with Crippen LogP contribution in [0.3, 0.4) is 0 Å². The third-order valence-electron chi connectivity index (χ3n) is 4.41. The highest BCUT2D eigenvalue weighted by Crippen LogP contribution is 2.21. The molecular formula is C15H34O7Si2. The molecule has 0 amide bonds. The van der Waals surface area contributed by atoms with Crippen LogP contribution >= 0.6 is 0 Å². The number of epoxide rings is 1. The van der Waals surface area contributed by atoms with Gasteiger partial charge in [-0.1, -0.05) is 18.5 Å². The van der Waals surface area contributed by atoms with E-state index in [-0.39, 0.29) is 5.91 Å². The Labute approximate surface area is 148 Å². The lowest BCUT2D eigenvalue weighted by Gasteiger charge is -2.27. The lowest BCUT2D eigenvalue weighted by atomic mass is 10.5. The number of rotatable bonds is 16. The molecule has 2 atom stereocenters. The van der Waals surface area contributed by atoms with Crippen molar-refractivity contribution in [2.45, 2.75) is 43.0 Å². The predicted molar refractivity (Wildman–Crippen MR) is 96.0 cm³/mol. The molecule has 0 aromatic rings. The van der Waals surface area contributed by atoms with E-state index in [1.807, 2.05) is 0 Å². The van der Waals surface area contributed by atoms with E-state index < -0.39 is 17.6 Å². The van der Waals surface area contributed by atoms with Crippen molar-refractivity contribution in [1.82, 2.24) is 0 Å². The van der Waals surface area contributed by atoms with Gasteiger partial charge in [0, 0.05) is 48.2 Å². The standard InChI is InChI=1S/C15H34O7Si2/c1-16-15(17-2)23(9-6-8-21-12-14-13-22-14)10-7-11-24(18-3,19-4)20-5/h14-15,23H,6-13H2,1-5H3. The molecule has 2 unspecified atom stereocenters. The Bertz CT molecular complexity index is 302. The van der Waals surface area contributed by atoms with Gasteiger partial charge in [-0.05, 0) is 6.42 Å². The third-order valence-corrected chi connectivity index (χ3v) is 10.9. The van der Waals surface area contributed by atoms with Crippen molar-refractivity contribution in [3.63, 3.8) is 0 Å². The monoisotopic (exact) mass is 382 g/mol. The van der Waals surface area contributed by atoms with E-state index in [4.69, 9.17) is 32.2 Å². The Morgan fingerprint density at radius 1 is 1.00 bits per heavy atom. The second kappa shape index (κ2) is 12.5. The van der Waals surface area contributed by atoms with E-state index in [1.165, 1.54) is 0 Å². The topological polar surface area (TPSA) is 67.9 Å². The van der Waals surface area contributed by atoms with Crippen LogP contribution in [0.2, 0.25) is 18.1 Å². The van der Waals surface area contributed by atoms with Crippen LogP contribution in [0.1, 0.15) is 12.8 Å². The fourth-order valence-electron chi connectivity index (χ4n) is 2.86. The minimum atomic E-state index is -2.49. The van der Waals surface area contributed by atoms with E-state index in [0.29, 0.717) is 12.7 Å². The minimum Gasteiger partial charge on any atom is -0.379 e. The Balaban J connectivity index is 2.34. The molecule has 0 aliphatic carbocycles. The van der Waals surface area contributed by atoms with Crippen LogP contribution < -0.4 is 0 Å². The number of hydrogen-bond donors (Lipinski definition) is 0. The summed E-state index contributed by atoms with van der Waals surface area (Å²) in [6.45, 7) is 2.33. The molecular weight excluding hydrogens is 348 g/mol. The van der Waals surface area contributed by atoms with Crippen LogP contribution in [0.15, 0.2) is 0 Å². The maximum absolute atomic E-state index is 5.63. The van der Waals surface area contributed by atoms with E-state index in [9.17, 15) is 0 Å². The molecule has 0 spiro atoms. The molecule has 1 aliphatic heterocycles. The van der Waals surface area contributed by atoms with Crippen LogP contribution in [0.4, 0.5) is 0 Å². The van der Waals surface area contributed by atoms with Gasteiger partial charge in [0.15, 0.2) is 0 Å². The SMILES string of the molecule is COC(OC)[SiH](CCCOCC1CO1)CCC[Si](OC)(OC)OC. The van der Waals surface area contributed by atoms with E-state index in [0.717, 1.165) is 44.2 Å². The van der Waals surface area contributed by atoms with Gasteiger partial charge in [-0.15, -0.1) is 0 Å². The van der Waals surface area contributed by atoms with Crippen molar-refractivity contribution in [2.24, 2.45) is 0 Å². The minimum absolute atomic E-state index is 0.0690. The quantitative estimate of drug-likeness (QED) is 0.173. The maximum Gasteiger partial charge on any atom is 0.500 e. The molecule has 9 heteroatoms. The van der Waals surface area contributed by atoms with Crippen molar-refractivity contribution >= 4 is 17.6 Å². The lowest BCUT2D eigenvalue weighted by molar-refractivity contribution is -0.0477. The first-order chi connectivity index (χ1) is 11.6. The Kier molecular flexibility index (Phi) is 11.6. The molecule has 0 aromatic heterocycles. The van der Waals surface area contributed by atoms with E-state index in [1.54, 1.807) is 35.5 Å². The molecule has 0 N–H and O–H groups in total. The zero-order valence-corrected chi connectivity index (χ0v) is 17.9. The molecule has 24 heavy (non-hydrogen) atoms. The summed E-state index contributed by atoms with van der Waals surface area (Å²) in [6, 6.07) is 3.04.